The van der Waals surface area contributed by atoms with E-state index in [2.05, 4.69) is 5.32 Å². The van der Waals surface area contributed by atoms with Gasteiger partial charge in [0.25, 0.3) is 0 Å². The first kappa shape index (κ1) is 10.8. The van der Waals surface area contributed by atoms with Crippen LogP contribution in [-0.4, -0.2) is 22.7 Å². The molecule has 0 atom stereocenters. The summed E-state index contributed by atoms with van der Waals surface area (Å²) in [5.74, 6) is -0.834. The van der Waals surface area contributed by atoms with Crippen molar-refractivity contribution in [3.63, 3.8) is 0 Å². The van der Waals surface area contributed by atoms with Gasteiger partial charge in [-0.3, -0.25) is 4.79 Å². The van der Waals surface area contributed by atoms with Crippen LogP contribution >= 0.6 is 11.6 Å². The summed E-state index contributed by atoms with van der Waals surface area (Å²) in [6.45, 7) is 0.130. The minimum atomic E-state index is -0.938. The third-order valence-corrected chi connectivity index (χ3v) is 1.87. The van der Waals surface area contributed by atoms with Crippen molar-refractivity contribution >= 4 is 17.6 Å². The van der Waals surface area contributed by atoms with Gasteiger partial charge in [-0.05, 0) is 18.2 Å². The van der Waals surface area contributed by atoms with Crippen LogP contribution < -0.4 is 5.32 Å². The highest BCUT2D eigenvalue weighted by molar-refractivity contribution is 6.30. The van der Waals surface area contributed by atoms with E-state index in [9.17, 15) is 9.90 Å². The molecule has 76 valence electrons. The topological polar surface area (TPSA) is 69.6 Å². The standard InChI is InChI=1S/C9H10ClNO3/c10-7-1-2-8(12)6(3-7)4-11-5-9(13)14/h1-3,11-12H,4-5H2,(H,13,14). The minimum Gasteiger partial charge on any atom is -0.508 e. The molecule has 0 aliphatic rings. The second kappa shape index (κ2) is 4.83. The van der Waals surface area contributed by atoms with Crippen molar-refractivity contribution in [1.82, 2.24) is 5.32 Å². The van der Waals surface area contributed by atoms with Gasteiger partial charge in [-0.15, -0.1) is 0 Å². The molecule has 0 heterocycles. The van der Waals surface area contributed by atoms with Crippen LogP contribution in [0.15, 0.2) is 18.2 Å². The summed E-state index contributed by atoms with van der Waals surface area (Å²) in [5, 5.41) is 20.9. The summed E-state index contributed by atoms with van der Waals surface area (Å²) in [4.78, 5) is 10.2. The van der Waals surface area contributed by atoms with E-state index in [0.717, 1.165) is 0 Å². The fraction of sp³-hybridized carbons (Fsp3) is 0.222. The van der Waals surface area contributed by atoms with Crippen molar-refractivity contribution in [1.29, 1.82) is 0 Å². The molecule has 5 heteroatoms. The number of hydrogen-bond donors (Lipinski definition) is 3. The van der Waals surface area contributed by atoms with Crippen LogP contribution in [0, 0.1) is 0 Å². The number of aliphatic carboxylic acids is 1. The molecule has 0 aliphatic carbocycles. The molecule has 0 bridgehead atoms. The Hall–Kier alpha value is -1.26. The van der Waals surface area contributed by atoms with Gasteiger partial charge in [-0.25, -0.2) is 0 Å². The quantitative estimate of drug-likeness (QED) is 0.707. The van der Waals surface area contributed by atoms with E-state index >= 15 is 0 Å². The average molecular weight is 216 g/mol. The molecule has 14 heavy (non-hydrogen) atoms. The molecular weight excluding hydrogens is 206 g/mol. The summed E-state index contributed by atoms with van der Waals surface area (Å²) in [6, 6.07) is 4.63. The van der Waals surface area contributed by atoms with Crippen LogP contribution in [-0.2, 0) is 11.3 Å². The lowest BCUT2D eigenvalue weighted by Gasteiger charge is -2.05. The van der Waals surface area contributed by atoms with Gasteiger partial charge in [0.05, 0.1) is 6.54 Å². The number of phenols is 1. The van der Waals surface area contributed by atoms with Crippen LogP contribution in [0.2, 0.25) is 5.02 Å². The molecule has 0 aliphatic heterocycles. The number of carbonyl (C=O) groups is 1. The molecule has 0 aromatic heterocycles. The molecule has 4 nitrogen and oxygen atoms in total. The highest BCUT2D eigenvalue weighted by Gasteiger charge is 2.02. The smallest absolute Gasteiger partial charge is 0.317 e. The Labute approximate surface area is 86.1 Å². The van der Waals surface area contributed by atoms with Gasteiger partial charge in [0.15, 0.2) is 0 Å². The SMILES string of the molecule is O=C(O)CNCc1cc(Cl)ccc1O. The van der Waals surface area contributed by atoms with E-state index in [1.165, 1.54) is 6.07 Å². The van der Waals surface area contributed by atoms with E-state index in [1.807, 2.05) is 0 Å². The molecule has 0 amide bonds. The number of aromatic hydroxyl groups is 1. The van der Waals surface area contributed by atoms with E-state index in [1.54, 1.807) is 12.1 Å². The molecule has 0 saturated heterocycles. The van der Waals surface area contributed by atoms with Crippen molar-refractivity contribution in [2.75, 3.05) is 6.54 Å². The number of hydrogen-bond acceptors (Lipinski definition) is 3. The summed E-state index contributed by atoms with van der Waals surface area (Å²) < 4.78 is 0. The maximum atomic E-state index is 10.2. The first-order valence-electron chi connectivity index (χ1n) is 3.99. The Balaban J connectivity index is 2.57. The van der Waals surface area contributed by atoms with Crippen LogP contribution in [0.5, 0.6) is 5.75 Å². The van der Waals surface area contributed by atoms with Crippen molar-refractivity contribution < 1.29 is 15.0 Å². The largest absolute Gasteiger partial charge is 0.508 e. The van der Waals surface area contributed by atoms with Gasteiger partial charge in [0.2, 0.25) is 0 Å². The molecule has 3 N–H and O–H groups in total. The molecule has 0 saturated carbocycles. The number of carboxylic acid groups (broad SMARTS) is 1. The van der Waals surface area contributed by atoms with Crippen molar-refractivity contribution in [3.05, 3.63) is 28.8 Å². The minimum absolute atomic E-state index is 0.104. The third kappa shape index (κ3) is 3.24. The fourth-order valence-corrected chi connectivity index (χ4v) is 1.19. The highest BCUT2D eigenvalue weighted by atomic mass is 35.5. The molecular formula is C9H10ClNO3. The summed E-state index contributed by atoms with van der Waals surface area (Å²) in [5.41, 5.74) is 0.582. The number of halogens is 1. The summed E-state index contributed by atoms with van der Waals surface area (Å²) in [6.07, 6.45) is 0. The third-order valence-electron chi connectivity index (χ3n) is 1.63. The van der Waals surface area contributed by atoms with Gasteiger partial charge in [-0.1, -0.05) is 11.6 Å². The van der Waals surface area contributed by atoms with Gasteiger partial charge < -0.3 is 15.5 Å². The first-order valence-corrected chi connectivity index (χ1v) is 4.37. The molecule has 0 unspecified atom stereocenters. The lowest BCUT2D eigenvalue weighted by Crippen LogP contribution is -2.21. The van der Waals surface area contributed by atoms with E-state index in [0.29, 0.717) is 10.6 Å². The summed E-state index contributed by atoms with van der Waals surface area (Å²) >= 11 is 5.70. The number of benzene rings is 1. The zero-order valence-electron chi connectivity index (χ0n) is 7.33. The van der Waals surface area contributed by atoms with Gasteiger partial charge in [0, 0.05) is 17.1 Å². The molecule has 1 aromatic rings. The van der Waals surface area contributed by atoms with Gasteiger partial charge >= 0.3 is 5.97 Å². The van der Waals surface area contributed by atoms with Crippen LogP contribution in [0.25, 0.3) is 0 Å². The van der Waals surface area contributed by atoms with E-state index in [4.69, 9.17) is 16.7 Å². The Morgan fingerprint density at radius 2 is 2.21 bits per heavy atom. The maximum absolute atomic E-state index is 10.2. The second-order valence-corrected chi connectivity index (χ2v) is 3.21. The number of carboxylic acids is 1. The Bertz CT molecular complexity index is 341. The summed E-state index contributed by atoms with van der Waals surface area (Å²) in [7, 11) is 0. The van der Waals surface area contributed by atoms with Gasteiger partial charge in [0.1, 0.15) is 5.75 Å². The number of rotatable bonds is 4. The lowest BCUT2D eigenvalue weighted by molar-refractivity contribution is -0.136. The van der Waals surface area contributed by atoms with Crippen molar-refractivity contribution in [2.24, 2.45) is 0 Å². The average Bonchev–Trinajstić information content (AvgIpc) is 2.10. The predicted octanol–water partition coefficient (Wildman–Crippen LogP) is 1.22. The van der Waals surface area contributed by atoms with Crippen LogP contribution in [0.1, 0.15) is 5.56 Å². The predicted molar refractivity (Wildman–Crippen MR) is 52.5 cm³/mol. The molecule has 1 aromatic carbocycles. The van der Waals surface area contributed by atoms with E-state index < -0.39 is 5.97 Å². The molecule has 1 rings (SSSR count). The van der Waals surface area contributed by atoms with Crippen molar-refractivity contribution in [3.8, 4) is 5.75 Å². The molecule has 0 fully saturated rings. The lowest BCUT2D eigenvalue weighted by atomic mass is 10.2. The Morgan fingerprint density at radius 1 is 1.50 bits per heavy atom. The second-order valence-electron chi connectivity index (χ2n) is 2.77. The zero-order chi connectivity index (χ0) is 10.6. The maximum Gasteiger partial charge on any atom is 0.317 e. The van der Waals surface area contributed by atoms with Crippen LogP contribution in [0.3, 0.4) is 0 Å². The van der Waals surface area contributed by atoms with E-state index in [-0.39, 0.29) is 18.8 Å². The van der Waals surface area contributed by atoms with Crippen molar-refractivity contribution in [2.45, 2.75) is 6.54 Å². The Kier molecular flexibility index (Phi) is 3.73. The monoisotopic (exact) mass is 215 g/mol. The van der Waals surface area contributed by atoms with Gasteiger partial charge in [-0.2, -0.15) is 0 Å². The zero-order valence-corrected chi connectivity index (χ0v) is 8.08. The molecule has 0 radical (unpaired) electrons. The normalized spacial score (nSPS) is 10.1. The first-order chi connectivity index (χ1) is 6.59. The number of nitrogens with one attached hydrogen (secondary N) is 1. The Morgan fingerprint density at radius 3 is 2.86 bits per heavy atom. The van der Waals surface area contributed by atoms with Crippen LogP contribution in [0.4, 0.5) is 0 Å². The fourth-order valence-electron chi connectivity index (χ4n) is 1.000. The number of phenolic OH excluding ortho intramolecular Hbond substituents is 1. The molecule has 0 spiro atoms. The highest BCUT2D eigenvalue weighted by Crippen LogP contribution is 2.20.